The number of alkyl halides is 2. The first-order valence-electron chi connectivity index (χ1n) is 15.5. The third-order valence-corrected chi connectivity index (χ3v) is 8.81. The number of halogens is 2. The van der Waals surface area contributed by atoms with Gasteiger partial charge in [-0.2, -0.15) is 9.97 Å². The SMILES string of the molecule is CC(C)(C)N(C(=O)O)[C@H]1CCN(C2CCC(Oc3cc(-n4c(C(F)F)nc5ccccc54)nc(N4CCOCC4)n3)CC2)C1=O. The summed E-state index contributed by atoms with van der Waals surface area (Å²) < 4.78 is 41.6. The molecule has 0 bridgehead atoms. The summed E-state index contributed by atoms with van der Waals surface area (Å²) in [4.78, 5) is 44.0. The molecule has 0 spiro atoms. The first kappa shape index (κ1) is 30.9. The number of para-hydroxylation sites is 2. The van der Waals surface area contributed by atoms with Crippen molar-refractivity contribution in [2.24, 2.45) is 0 Å². The number of hydrogen-bond donors (Lipinski definition) is 1. The van der Waals surface area contributed by atoms with Crippen molar-refractivity contribution >= 4 is 29.0 Å². The Hall–Kier alpha value is -4.07. The fourth-order valence-corrected chi connectivity index (χ4v) is 6.73. The minimum absolute atomic E-state index is 0.00579. The van der Waals surface area contributed by atoms with E-state index in [4.69, 9.17) is 9.47 Å². The molecule has 2 aromatic heterocycles. The van der Waals surface area contributed by atoms with E-state index in [0.29, 0.717) is 81.9 Å². The lowest BCUT2D eigenvalue weighted by molar-refractivity contribution is -0.135. The summed E-state index contributed by atoms with van der Waals surface area (Å²) in [5, 5.41) is 9.81. The summed E-state index contributed by atoms with van der Waals surface area (Å²) in [7, 11) is 0. The fraction of sp³-hybridized carbons (Fsp3) is 0.581. The van der Waals surface area contributed by atoms with E-state index in [1.807, 2.05) is 9.80 Å². The Morgan fingerprint density at radius 2 is 1.76 bits per heavy atom. The molecule has 14 heteroatoms. The van der Waals surface area contributed by atoms with E-state index in [2.05, 4.69) is 15.0 Å². The van der Waals surface area contributed by atoms with Crippen LogP contribution in [0, 0.1) is 0 Å². The topological polar surface area (TPSA) is 126 Å². The normalized spacial score (nSPS) is 22.8. The first-order valence-corrected chi connectivity index (χ1v) is 15.5. The molecule has 1 saturated carbocycles. The molecule has 6 rings (SSSR count). The average molecular weight is 628 g/mol. The van der Waals surface area contributed by atoms with Gasteiger partial charge in [-0.25, -0.2) is 18.6 Å². The number of morpholine rings is 1. The number of aromatic nitrogens is 4. The summed E-state index contributed by atoms with van der Waals surface area (Å²) in [6.07, 6.45) is -0.941. The maximum Gasteiger partial charge on any atom is 0.408 e. The fourth-order valence-electron chi connectivity index (χ4n) is 6.73. The molecule has 0 unspecified atom stereocenters. The van der Waals surface area contributed by atoms with Crippen molar-refractivity contribution < 1.29 is 33.0 Å². The molecule has 4 heterocycles. The molecule has 0 radical (unpaired) electrons. The summed E-state index contributed by atoms with van der Waals surface area (Å²) in [5.74, 6) is 0.343. The zero-order valence-corrected chi connectivity index (χ0v) is 25.7. The van der Waals surface area contributed by atoms with Crippen LogP contribution in [0.2, 0.25) is 0 Å². The molecule has 2 saturated heterocycles. The van der Waals surface area contributed by atoms with Gasteiger partial charge in [0.2, 0.25) is 17.7 Å². The van der Waals surface area contributed by atoms with Gasteiger partial charge in [0.25, 0.3) is 6.43 Å². The molecule has 1 aliphatic carbocycles. The van der Waals surface area contributed by atoms with Gasteiger partial charge in [-0.3, -0.25) is 14.3 Å². The van der Waals surface area contributed by atoms with Gasteiger partial charge in [-0.15, -0.1) is 0 Å². The van der Waals surface area contributed by atoms with Gasteiger partial charge in [0.1, 0.15) is 18.0 Å². The molecular formula is C31H39F2N7O5. The average Bonchev–Trinajstić information content (AvgIpc) is 3.58. The van der Waals surface area contributed by atoms with Crippen molar-refractivity contribution in [2.45, 2.75) is 83.0 Å². The predicted octanol–water partition coefficient (Wildman–Crippen LogP) is 4.66. The number of nitrogens with zero attached hydrogens (tertiary/aromatic N) is 7. The summed E-state index contributed by atoms with van der Waals surface area (Å²) in [5.41, 5.74) is 0.253. The van der Waals surface area contributed by atoms with Crippen LogP contribution in [0.4, 0.5) is 19.5 Å². The van der Waals surface area contributed by atoms with Gasteiger partial charge < -0.3 is 24.4 Å². The van der Waals surface area contributed by atoms with Crippen molar-refractivity contribution in [2.75, 3.05) is 37.7 Å². The number of rotatable bonds is 7. The standard InChI is InChI=1S/C31H39F2N7O5/c1-31(2,3)40(30(42)43)23-12-13-38(28(23)41)19-8-10-20(11-9-19)45-25-18-24(35-29(36-25)37-14-16-44-17-15-37)39-22-7-5-4-6-21(22)34-27(39)26(32)33/h4-7,18-20,23,26H,8-17H2,1-3H3,(H,42,43)/t19?,20?,23-/m0/s1. The third kappa shape index (κ3) is 6.24. The Labute approximate surface area is 259 Å². The lowest BCUT2D eigenvalue weighted by atomic mass is 9.92. The Morgan fingerprint density at radius 1 is 1.04 bits per heavy atom. The van der Waals surface area contributed by atoms with Crippen LogP contribution in [0.15, 0.2) is 30.3 Å². The summed E-state index contributed by atoms with van der Waals surface area (Å²) >= 11 is 0. The molecular weight excluding hydrogens is 588 g/mol. The zero-order chi connectivity index (χ0) is 31.9. The highest BCUT2D eigenvalue weighted by atomic mass is 19.3. The third-order valence-electron chi connectivity index (χ3n) is 8.81. The van der Waals surface area contributed by atoms with Crippen LogP contribution in [0.25, 0.3) is 16.9 Å². The largest absolute Gasteiger partial charge is 0.474 e. The molecule has 1 atom stereocenters. The van der Waals surface area contributed by atoms with Gasteiger partial charge in [0.15, 0.2) is 5.82 Å². The van der Waals surface area contributed by atoms with Crippen molar-refractivity contribution in [3.05, 3.63) is 36.2 Å². The van der Waals surface area contributed by atoms with E-state index in [-0.39, 0.29) is 29.8 Å². The van der Waals surface area contributed by atoms with Crippen LogP contribution in [0.1, 0.15) is 65.1 Å². The predicted molar refractivity (Wildman–Crippen MR) is 161 cm³/mol. The number of likely N-dealkylation sites (tertiary alicyclic amines) is 1. The van der Waals surface area contributed by atoms with Crippen LogP contribution < -0.4 is 9.64 Å². The molecule has 12 nitrogen and oxygen atoms in total. The first-order chi connectivity index (χ1) is 21.5. The second kappa shape index (κ2) is 12.4. The number of hydrogen-bond acceptors (Lipinski definition) is 8. The number of carbonyl (C=O) groups is 2. The quantitative estimate of drug-likeness (QED) is 0.398. The Morgan fingerprint density at radius 3 is 2.42 bits per heavy atom. The second-order valence-electron chi connectivity index (χ2n) is 12.8. The van der Waals surface area contributed by atoms with Crippen LogP contribution in [-0.2, 0) is 9.53 Å². The Balaban J connectivity index is 1.21. The highest BCUT2D eigenvalue weighted by molar-refractivity contribution is 5.87. The number of carboxylic acid groups (broad SMARTS) is 1. The number of anilines is 1. The molecule has 242 valence electrons. The highest BCUT2D eigenvalue weighted by Gasteiger charge is 2.45. The van der Waals surface area contributed by atoms with Gasteiger partial charge in [-0.1, -0.05) is 12.1 Å². The molecule has 1 aromatic carbocycles. The second-order valence-corrected chi connectivity index (χ2v) is 12.8. The number of fused-ring (bicyclic) bond motifs is 1. The van der Waals surface area contributed by atoms with E-state index in [9.17, 15) is 23.5 Å². The Kier molecular flexibility index (Phi) is 8.51. The highest BCUT2D eigenvalue weighted by Crippen LogP contribution is 2.34. The molecule has 3 fully saturated rings. The minimum Gasteiger partial charge on any atom is -0.474 e. The molecule has 1 N–H and O–H groups in total. The smallest absolute Gasteiger partial charge is 0.408 e. The van der Waals surface area contributed by atoms with Crippen molar-refractivity contribution in [3.8, 4) is 11.7 Å². The Bertz CT molecular complexity index is 1550. The van der Waals surface area contributed by atoms with E-state index in [1.54, 1.807) is 51.1 Å². The zero-order valence-electron chi connectivity index (χ0n) is 25.7. The van der Waals surface area contributed by atoms with Crippen LogP contribution in [-0.4, -0.2) is 103 Å². The lowest BCUT2D eigenvalue weighted by Gasteiger charge is -2.38. The van der Waals surface area contributed by atoms with Gasteiger partial charge >= 0.3 is 6.09 Å². The summed E-state index contributed by atoms with van der Waals surface area (Å²) in [6, 6.07) is 7.83. The summed E-state index contributed by atoms with van der Waals surface area (Å²) in [6.45, 7) is 8.02. The van der Waals surface area contributed by atoms with Crippen molar-refractivity contribution in [1.29, 1.82) is 0 Å². The molecule has 3 aliphatic rings. The molecule has 45 heavy (non-hydrogen) atoms. The maximum atomic E-state index is 14.2. The monoisotopic (exact) mass is 627 g/mol. The van der Waals surface area contributed by atoms with Crippen LogP contribution in [0.5, 0.6) is 5.88 Å². The van der Waals surface area contributed by atoms with E-state index in [1.165, 1.54) is 9.47 Å². The molecule has 3 aromatic rings. The number of imidazole rings is 1. The molecule has 2 aliphatic heterocycles. The minimum atomic E-state index is -2.82. The number of amides is 2. The molecule has 2 amide bonds. The van der Waals surface area contributed by atoms with Crippen molar-refractivity contribution in [1.82, 2.24) is 29.3 Å². The van der Waals surface area contributed by atoms with E-state index in [0.717, 1.165) is 0 Å². The maximum absolute atomic E-state index is 14.2. The number of carbonyl (C=O) groups excluding carboxylic acids is 1. The number of ether oxygens (including phenoxy) is 2. The van der Waals surface area contributed by atoms with Gasteiger partial charge in [0, 0.05) is 37.3 Å². The van der Waals surface area contributed by atoms with Gasteiger partial charge in [0.05, 0.1) is 24.2 Å². The van der Waals surface area contributed by atoms with E-state index < -0.39 is 29.9 Å². The lowest BCUT2D eigenvalue weighted by Crippen LogP contribution is -2.54. The van der Waals surface area contributed by atoms with Crippen LogP contribution >= 0.6 is 0 Å². The van der Waals surface area contributed by atoms with Gasteiger partial charge in [-0.05, 0) is 65.0 Å². The van der Waals surface area contributed by atoms with Crippen LogP contribution in [0.3, 0.4) is 0 Å². The van der Waals surface area contributed by atoms with Crippen molar-refractivity contribution in [3.63, 3.8) is 0 Å². The number of benzene rings is 1. The van der Waals surface area contributed by atoms with E-state index >= 15 is 0 Å².